The molecular formula is C22H27ClN2O2. The van der Waals surface area contributed by atoms with E-state index in [1.54, 1.807) is 0 Å². The van der Waals surface area contributed by atoms with Crippen LogP contribution in [0.25, 0.3) is 11.1 Å². The average molecular weight is 387 g/mol. The van der Waals surface area contributed by atoms with E-state index in [9.17, 15) is 4.79 Å². The van der Waals surface area contributed by atoms with Crippen LogP contribution in [0.5, 0.6) is 0 Å². The Balaban J connectivity index is 1.65. The molecule has 1 saturated heterocycles. The Labute approximate surface area is 166 Å². The lowest BCUT2D eigenvalue weighted by Crippen LogP contribution is -2.47. The van der Waals surface area contributed by atoms with Gasteiger partial charge < -0.3 is 10.1 Å². The van der Waals surface area contributed by atoms with E-state index in [-0.39, 0.29) is 12.1 Å². The molecule has 0 aromatic heterocycles. The third-order valence-corrected chi connectivity index (χ3v) is 5.35. The molecule has 27 heavy (non-hydrogen) atoms. The van der Waals surface area contributed by atoms with Crippen molar-refractivity contribution in [1.82, 2.24) is 10.2 Å². The summed E-state index contributed by atoms with van der Waals surface area (Å²) in [7, 11) is 0. The molecule has 0 aliphatic carbocycles. The molecule has 1 N–H and O–H groups in total. The summed E-state index contributed by atoms with van der Waals surface area (Å²) in [5, 5.41) is 3.76. The van der Waals surface area contributed by atoms with Crippen LogP contribution in [-0.4, -0.2) is 36.7 Å². The smallest absolute Gasteiger partial charge is 0.407 e. The number of rotatable bonds is 5. The van der Waals surface area contributed by atoms with E-state index in [2.05, 4.69) is 46.6 Å². The fourth-order valence-corrected chi connectivity index (χ4v) is 3.72. The number of hydrogen-bond acceptors (Lipinski definition) is 3. The second-order valence-electron chi connectivity index (χ2n) is 7.10. The van der Waals surface area contributed by atoms with Gasteiger partial charge >= 0.3 is 6.09 Å². The molecule has 144 valence electrons. The first-order valence-corrected chi connectivity index (χ1v) is 9.94. The summed E-state index contributed by atoms with van der Waals surface area (Å²) in [5.74, 6) is 0. The maximum atomic E-state index is 11.7. The van der Waals surface area contributed by atoms with Gasteiger partial charge in [0.25, 0.3) is 0 Å². The third-order valence-electron chi connectivity index (χ3n) is 4.94. The fraction of sp³-hybridized carbons (Fsp3) is 0.409. The van der Waals surface area contributed by atoms with Gasteiger partial charge in [0.1, 0.15) is 0 Å². The number of carbonyl (C=O) groups excluding carboxylic acids is 1. The summed E-state index contributed by atoms with van der Waals surface area (Å²) >= 11 is 6.29. The molecule has 1 unspecified atom stereocenters. The third kappa shape index (κ3) is 5.47. The van der Waals surface area contributed by atoms with Crippen molar-refractivity contribution in [2.24, 2.45) is 0 Å². The predicted octanol–water partition coefficient (Wildman–Crippen LogP) is 5.03. The van der Waals surface area contributed by atoms with Crippen LogP contribution >= 0.6 is 11.6 Å². The average Bonchev–Trinajstić information content (AvgIpc) is 2.65. The van der Waals surface area contributed by atoms with Crippen LogP contribution in [0, 0.1) is 6.92 Å². The molecule has 1 amide bonds. The zero-order valence-corrected chi connectivity index (χ0v) is 16.8. The number of nitrogens with zero attached hydrogens (tertiary/aromatic N) is 1. The number of likely N-dealkylation sites (tertiary alicyclic amines) is 1. The van der Waals surface area contributed by atoms with Crippen molar-refractivity contribution in [3.8, 4) is 11.1 Å². The molecule has 1 heterocycles. The molecule has 5 heteroatoms. The molecule has 1 fully saturated rings. The van der Waals surface area contributed by atoms with Gasteiger partial charge in [0.2, 0.25) is 0 Å². The first-order chi connectivity index (χ1) is 13.0. The molecule has 2 aromatic carbocycles. The van der Waals surface area contributed by atoms with E-state index in [4.69, 9.17) is 16.3 Å². The summed E-state index contributed by atoms with van der Waals surface area (Å²) in [5.41, 5.74) is 4.66. The highest BCUT2D eigenvalue weighted by atomic mass is 35.5. The van der Waals surface area contributed by atoms with Gasteiger partial charge in [0.15, 0.2) is 0 Å². The molecule has 2 aromatic rings. The Hall–Kier alpha value is -2.04. The Morgan fingerprint density at radius 2 is 2.07 bits per heavy atom. The largest absolute Gasteiger partial charge is 0.450 e. The maximum Gasteiger partial charge on any atom is 0.407 e. The van der Waals surface area contributed by atoms with E-state index in [0.717, 1.165) is 48.6 Å². The van der Waals surface area contributed by atoms with Crippen molar-refractivity contribution in [2.75, 3.05) is 19.7 Å². The minimum Gasteiger partial charge on any atom is -0.450 e. The van der Waals surface area contributed by atoms with E-state index in [1.165, 1.54) is 11.1 Å². The Morgan fingerprint density at radius 1 is 1.26 bits per heavy atom. The Bertz CT molecular complexity index is 794. The van der Waals surface area contributed by atoms with E-state index < -0.39 is 0 Å². The molecule has 0 radical (unpaired) electrons. The monoisotopic (exact) mass is 386 g/mol. The zero-order valence-electron chi connectivity index (χ0n) is 16.0. The van der Waals surface area contributed by atoms with Crippen molar-refractivity contribution >= 4 is 17.7 Å². The van der Waals surface area contributed by atoms with Gasteiger partial charge in [-0.1, -0.05) is 41.9 Å². The number of benzene rings is 2. The number of amides is 1. The SMILES string of the molecule is CCOC(=O)NC1CCCN(Cc2cccc(-c3ccc(C)c(Cl)c3)c2)C1. The van der Waals surface area contributed by atoms with Crippen LogP contribution in [-0.2, 0) is 11.3 Å². The van der Waals surface area contributed by atoms with Gasteiger partial charge in [-0.2, -0.15) is 0 Å². The van der Waals surface area contributed by atoms with Gasteiger partial charge in [0.05, 0.1) is 6.61 Å². The zero-order chi connectivity index (χ0) is 19.2. The number of alkyl carbamates (subject to hydrolysis) is 1. The van der Waals surface area contributed by atoms with Crippen LogP contribution < -0.4 is 5.32 Å². The number of aryl methyl sites for hydroxylation is 1. The molecule has 1 aliphatic rings. The van der Waals surface area contributed by atoms with E-state index in [0.29, 0.717) is 6.61 Å². The highest BCUT2D eigenvalue weighted by molar-refractivity contribution is 6.31. The first kappa shape index (κ1) is 19.7. The molecule has 0 saturated carbocycles. The normalized spacial score (nSPS) is 17.5. The molecule has 0 spiro atoms. The quantitative estimate of drug-likeness (QED) is 0.783. The number of nitrogens with one attached hydrogen (secondary N) is 1. The van der Waals surface area contributed by atoms with Crippen LogP contribution in [0.15, 0.2) is 42.5 Å². The lowest BCUT2D eigenvalue weighted by Gasteiger charge is -2.33. The second-order valence-corrected chi connectivity index (χ2v) is 7.51. The molecule has 0 bridgehead atoms. The number of hydrogen-bond donors (Lipinski definition) is 1. The van der Waals surface area contributed by atoms with Crippen LogP contribution in [0.1, 0.15) is 30.9 Å². The molecule has 3 rings (SSSR count). The topological polar surface area (TPSA) is 41.6 Å². The number of halogens is 1. The van der Waals surface area contributed by atoms with Crippen LogP contribution in [0.4, 0.5) is 4.79 Å². The Morgan fingerprint density at radius 3 is 2.85 bits per heavy atom. The lowest BCUT2D eigenvalue weighted by atomic mass is 10.0. The van der Waals surface area contributed by atoms with Crippen LogP contribution in [0.2, 0.25) is 5.02 Å². The van der Waals surface area contributed by atoms with Crippen LogP contribution in [0.3, 0.4) is 0 Å². The van der Waals surface area contributed by atoms with Gasteiger partial charge in [0, 0.05) is 24.2 Å². The fourth-order valence-electron chi connectivity index (χ4n) is 3.54. The summed E-state index contributed by atoms with van der Waals surface area (Å²) in [6.45, 7) is 6.99. The van der Waals surface area contributed by atoms with Crippen molar-refractivity contribution in [3.63, 3.8) is 0 Å². The van der Waals surface area contributed by atoms with Crippen molar-refractivity contribution in [3.05, 3.63) is 58.6 Å². The lowest BCUT2D eigenvalue weighted by molar-refractivity contribution is 0.132. The molecular weight excluding hydrogens is 360 g/mol. The van der Waals surface area contributed by atoms with E-state index >= 15 is 0 Å². The van der Waals surface area contributed by atoms with Crippen molar-refractivity contribution in [2.45, 2.75) is 39.3 Å². The highest BCUT2D eigenvalue weighted by Crippen LogP contribution is 2.26. The predicted molar refractivity (Wildman–Crippen MR) is 110 cm³/mol. The Kier molecular flexibility index (Phi) is 6.75. The molecule has 1 atom stereocenters. The minimum atomic E-state index is -0.317. The van der Waals surface area contributed by atoms with Gasteiger partial charge in [-0.15, -0.1) is 0 Å². The van der Waals surface area contributed by atoms with E-state index in [1.807, 2.05) is 19.9 Å². The van der Waals surface area contributed by atoms with Gasteiger partial charge in [-0.25, -0.2) is 4.79 Å². The summed E-state index contributed by atoms with van der Waals surface area (Å²) in [6, 6.07) is 14.9. The van der Waals surface area contributed by atoms with Crippen molar-refractivity contribution in [1.29, 1.82) is 0 Å². The molecule has 1 aliphatic heterocycles. The molecule has 4 nitrogen and oxygen atoms in total. The van der Waals surface area contributed by atoms with Gasteiger partial charge in [-0.3, -0.25) is 4.90 Å². The summed E-state index contributed by atoms with van der Waals surface area (Å²) in [6.07, 6.45) is 1.75. The number of carbonyl (C=O) groups is 1. The van der Waals surface area contributed by atoms with Gasteiger partial charge in [-0.05, 0) is 67.6 Å². The number of piperidine rings is 1. The van der Waals surface area contributed by atoms with Crippen molar-refractivity contribution < 1.29 is 9.53 Å². The summed E-state index contributed by atoms with van der Waals surface area (Å²) < 4.78 is 5.00. The number of ether oxygens (including phenoxy) is 1. The highest BCUT2D eigenvalue weighted by Gasteiger charge is 2.21. The summed E-state index contributed by atoms with van der Waals surface area (Å²) in [4.78, 5) is 14.1. The minimum absolute atomic E-state index is 0.150. The maximum absolute atomic E-state index is 11.7. The second kappa shape index (κ2) is 9.25. The first-order valence-electron chi connectivity index (χ1n) is 9.56. The standard InChI is InChI=1S/C22H27ClN2O2/c1-3-27-22(26)24-20-8-5-11-25(15-20)14-17-6-4-7-18(12-17)19-10-9-16(2)21(23)13-19/h4,6-7,9-10,12-13,20H,3,5,8,11,14-15H2,1-2H3,(H,24,26).